The van der Waals surface area contributed by atoms with Gasteiger partial charge in [0.05, 0.1) is 0 Å². The Morgan fingerprint density at radius 1 is 1.29 bits per heavy atom. The molecular formula is C12H21NaO7S. The van der Waals surface area contributed by atoms with Gasteiger partial charge in [0, 0.05) is 12.4 Å². The molecule has 0 aromatic heterocycles. The van der Waals surface area contributed by atoms with Gasteiger partial charge in [0.25, 0.3) is 10.1 Å². The largest absolute Gasteiger partial charge is 1.00 e. The first-order valence-corrected chi connectivity index (χ1v) is 7.89. The molecule has 9 heteroatoms. The second-order valence-electron chi connectivity index (χ2n) is 5.22. The molecule has 0 amide bonds. The van der Waals surface area contributed by atoms with Crippen LogP contribution in [0.5, 0.6) is 0 Å². The number of carboxylic acids is 1. The second kappa shape index (κ2) is 9.78. The fourth-order valence-corrected chi connectivity index (χ4v) is 2.29. The smallest absolute Gasteiger partial charge is 0.550 e. The van der Waals surface area contributed by atoms with Crippen molar-refractivity contribution in [2.24, 2.45) is 0 Å². The van der Waals surface area contributed by atoms with E-state index in [0.717, 1.165) is 19.3 Å². The molecule has 118 valence electrons. The molecule has 21 heavy (non-hydrogen) atoms. The van der Waals surface area contributed by atoms with Gasteiger partial charge in [-0.3, -0.25) is 9.35 Å². The molecule has 0 aliphatic heterocycles. The van der Waals surface area contributed by atoms with E-state index >= 15 is 0 Å². The number of unbranched alkanes of at least 4 members (excludes halogenated alkanes) is 2. The van der Waals surface area contributed by atoms with Gasteiger partial charge < -0.3 is 14.6 Å². The van der Waals surface area contributed by atoms with Crippen molar-refractivity contribution in [2.75, 3.05) is 0 Å². The van der Waals surface area contributed by atoms with Crippen LogP contribution in [0.1, 0.15) is 52.9 Å². The zero-order valence-electron chi connectivity index (χ0n) is 12.9. The number of ether oxygens (including phenoxy) is 1. The summed E-state index contributed by atoms with van der Waals surface area (Å²) in [6.45, 7) is 5.20. The van der Waals surface area contributed by atoms with Crippen LogP contribution < -0.4 is 34.7 Å². The predicted octanol–water partition coefficient (Wildman–Crippen LogP) is -2.71. The SMILES string of the molecule is CCCCCC(C)(C)OC(=O)C(CC(=O)[O-])S(=O)(=O)O.[Na+]. The monoisotopic (exact) mass is 332 g/mol. The molecule has 0 fully saturated rings. The van der Waals surface area contributed by atoms with E-state index in [2.05, 4.69) is 0 Å². The summed E-state index contributed by atoms with van der Waals surface area (Å²) < 4.78 is 35.9. The third-order valence-corrected chi connectivity index (χ3v) is 3.81. The molecule has 0 bridgehead atoms. The number of hydrogen-bond donors (Lipinski definition) is 1. The second-order valence-corrected chi connectivity index (χ2v) is 6.82. The average Bonchev–Trinajstić information content (AvgIpc) is 2.23. The minimum Gasteiger partial charge on any atom is -0.550 e. The number of carbonyl (C=O) groups excluding carboxylic acids is 2. The molecule has 0 spiro atoms. The van der Waals surface area contributed by atoms with Crippen LogP contribution >= 0.6 is 0 Å². The van der Waals surface area contributed by atoms with Crippen LogP contribution in [0, 0.1) is 0 Å². The zero-order valence-corrected chi connectivity index (χ0v) is 15.7. The van der Waals surface area contributed by atoms with Gasteiger partial charge in [0.1, 0.15) is 5.60 Å². The maximum absolute atomic E-state index is 11.7. The number of carboxylic acid groups (broad SMARTS) is 1. The maximum Gasteiger partial charge on any atom is 1.00 e. The van der Waals surface area contributed by atoms with E-state index in [0.29, 0.717) is 6.42 Å². The van der Waals surface area contributed by atoms with Gasteiger partial charge in [-0.25, -0.2) is 0 Å². The first-order valence-electron chi connectivity index (χ1n) is 6.38. The van der Waals surface area contributed by atoms with Crippen molar-refractivity contribution in [1.82, 2.24) is 0 Å². The minimum atomic E-state index is -4.85. The van der Waals surface area contributed by atoms with Crippen LogP contribution in [0.4, 0.5) is 0 Å². The summed E-state index contributed by atoms with van der Waals surface area (Å²) in [6.07, 6.45) is 2.07. The Kier molecular flexibility index (Phi) is 10.8. The quantitative estimate of drug-likeness (QED) is 0.211. The molecule has 7 nitrogen and oxygen atoms in total. The molecule has 0 radical (unpaired) electrons. The van der Waals surface area contributed by atoms with E-state index in [-0.39, 0.29) is 29.6 Å². The molecule has 0 aliphatic carbocycles. The number of rotatable bonds is 9. The molecule has 0 aliphatic rings. The van der Waals surface area contributed by atoms with Gasteiger partial charge in [-0.05, 0) is 26.7 Å². The molecular weight excluding hydrogens is 311 g/mol. The number of carbonyl (C=O) groups is 2. The third-order valence-electron chi connectivity index (χ3n) is 2.73. The van der Waals surface area contributed by atoms with Crippen molar-refractivity contribution in [1.29, 1.82) is 0 Å². The fraction of sp³-hybridized carbons (Fsp3) is 0.833. The third kappa shape index (κ3) is 10.2. The molecule has 0 rings (SSSR count). The van der Waals surface area contributed by atoms with Crippen molar-refractivity contribution >= 4 is 22.1 Å². The Morgan fingerprint density at radius 2 is 1.81 bits per heavy atom. The zero-order chi connectivity index (χ0) is 16.0. The van der Waals surface area contributed by atoms with E-state index in [1.54, 1.807) is 13.8 Å². The molecule has 0 aromatic rings. The van der Waals surface area contributed by atoms with Crippen molar-refractivity contribution in [3.05, 3.63) is 0 Å². The Morgan fingerprint density at radius 3 is 2.19 bits per heavy atom. The van der Waals surface area contributed by atoms with E-state index in [4.69, 9.17) is 9.29 Å². The number of hydrogen-bond acceptors (Lipinski definition) is 6. The van der Waals surface area contributed by atoms with Crippen LogP contribution in [0.2, 0.25) is 0 Å². The Labute approximate surface area is 147 Å². The van der Waals surface area contributed by atoms with Crippen molar-refractivity contribution < 1.29 is 62.0 Å². The van der Waals surface area contributed by atoms with Gasteiger partial charge >= 0.3 is 35.5 Å². The standard InChI is InChI=1S/C12H22O7S.Na/c1-4-5-6-7-12(2,3)19-11(15)9(8-10(13)14)20(16,17)18;/h9H,4-8H2,1-3H3,(H,13,14)(H,16,17,18);/q;+1/p-1. The summed E-state index contributed by atoms with van der Waals surface area (Å²) in [4.78, 5) is 22.2. The van der Waals surface area contributed by atoms with Gasteiger partial charge in [-0.1, -0.05) is 19.8 Å². The molecule has 0 saturated heterocycles. The molecule has 1 N–H and O–H groups in total. The summed E-state index contributed by atoms with van der Waals surface area (Å²) in [5.74, 6) is -3.04. The fourth-order valence-electron chi connectivity index (χ4n) is 1.65. The van der Waals surface area contributed by atoms with Crippen LogP contribution in [-0.4, -0.2) is 35.8 Å². The number of aliphatic carboxylic acids is 1. The summed E-state index contributed by atoms with van der Waals surface area (Å²) in [5.41, 5.74) is -0.929. The van der Waals surface area contributed by atoms with Crippen LogP contribution in [0.15, 0.2) is 0 Å². The first kappa shape index (κ1) is 23.1. The molecule has 0 saturated carbocycles. The van der Waals surface area contributed by atoms with E-state index in [1.165, 1.54) is 0 Å². The van der Waals surface area contributed by atoms with Crippen molar-refractivity contribution in [2.45, 2.75) is 63.7 Å². The van der Waals surface area contributed by atoms with Crippen molar-refractivity contribution in [3.63, 3.8) is 0 Å². The first-order chi connectivity index (χ1) is 8.99. The molecule has 0 heterocycles. The van der Waals surface area contributed by atoms with E-state index in [1.807, 2.05) is 6.92 Å². The summed E-state index contributed by atoms with van der Waals surface area (Å²) >= 11 is 0. The normalized spacial score (nSPS) is 13.1. The molecule has 1 atom stereocenters. The number of esters is 1. The summed E-state index contributed by atoms with van der Waals surface area (Å²) in [7, 11) is -4.85. The Hall–Kier alpha value is -0.150. The van der Waals surface area contributed by atoms with Crippen LogP contribution in [0.25, 0.3) is 0 Å². The van der Waals surface area contributed by atoms with E-state index in [9.17, 15) is 23.1 Å². The Bertz CT molecular complexity index is 445. The van der Waals surface area contributed by atoms with Crippen LogP contribution in [-0.2, 0) is 24.4 Å². The Balaban J connectivity index is 0. The van der Waals surface area contributed by atoms with E-state index < -0.39 is 39.3 Å². The van der Waals surface area contributed by atoms with Gasteiger partial charge in [-0.15, -0.1) is 0 Å². The van der Waals surface area contributed by atoms with Gasteiger partial charge in [0.15, 0.2) is 5.25 Å². The average molecular weight is 332 g/mol. The van der Waals surface area contributed by atoms with Gasteiger partial charge in [0.2, 0.25) is 0 Å². The minimum absolute atomic E-state index is 0. The summed E-state index contributed by atoms with van der Waals surface area (Å²) in [6, 6.07) is 0. The topological polar surface area (TPSA) is 121 Å². The van der Waals surface area contributed by atoms with Crippen molar-refractivity contribution in [3.8, 4) is 0 Å². The maximum atomic E-state index is 11.7. The molecule has 0 aromatic carbocycles. The predicted molar refractivity (Wildman–Crippen MR) is 69.3 cm³/mol. The van der Waals surface area contributed by atoms with Gasteiger partial charge in [-0.2, -0.15) is 8.42 Å². The summed E-state index contributed by atoms with van der Waals surface area (Å²) in [5, 5.41) is 8.29. The molecule has 1 unspecified atom stereocenters. The van der Waals surface area contributed by atoms with Crippen LogP contribution in [0.3, 0.4) is 0 Å².